The summed E-state index contributed by atoms with van der Waals surface area (Å²) in [6.45, 7) is 6.89. The van der Waals surface area contributed by atoms with Crippen molar-refractivity contribution in [1.29, 1.82) is 0 Å². The molecule has 12 heteroatoms. The molecule has 7 N–H and O–H groups in total. The summed E-state index contributed by atoms with van der Waals surface area (Å²) in [5.41, 5.74) is 0.00351. The Bertz CT molecular complexity index is 654. The third-order valence-electron chi connectivity index (χ3n) is 5.21. The zero-order valence-electron chi connectivity index (χ0n) is 17.0. The van der Waals surface area contributed by atoms with Gasteiger partial charge in [-0.2, -0.15) is 0 Å². The molecule has 0 amide bonds. The molecule has 2 rings (SSSR count). The summed E-state index contributed by atoms with van der Waals surface area (Å²) in [6, 6.07) is 0. The van der Waals surface area contributed by atoms with Crippen molar-refractivity contribution in [2.24, 2.45) is 0 Å². The van der Waals surface area contributed by atoms with Gasteiger partial charge in [-0.25, -0.2) is 4.79 Å². The van der Waals surface area contributed by atoms with E-state index in [4.69, 9.17) is 18.9 Å². The number of hydrogen-bond acceptors (Lipinski definition) is 12. The molecule has 0 bridgehead atoms. The zero-order valence-corrected chi connectivity index (χ0v) is 17.0. The van der Waals surface area contributed by atoms with E-state index < -0.39 is 80.1 Å². The van der Waals surface area contributed by atoms with Crippen LogP contribution in [-0.4, -0.2) is 116 Å². The lowest BCUT2D eigenvalue weighted by Crippen LogP contribution is -2.64. The van der Waals surface area contributed by atoms with E-state index in [0.29, 0.717) is 0 Å². The molecule has 10 atom stereocenters. The molecule has 2 heterocycles. The highest BCUT2D eigenvalue weighted by Crippen LogP contribution is 2.41. The molecule has 0 aromatic rings. The van der Waals surface area contributed by atoms with Gasteiger partial charge in [0.1, 0.15) is 42.7 Å². The van der Waals surface area contributed by atoms with Crippen molar-refractivity contribution in [3.05, 3.63) is 24.8 Å². The number of carbonyl (C=O) groups is 1. The molecular formula is C19H30O12. The first-order chi connectivity index (χ1) is 14.5. The lowest BCUT2D eigenvalue weighted by atomic mass is 9.96. The highest BCUT2D eigenvalue weighted by atomic mass is 16.8. The first-order valence-electron chi connectivity index (χ1n) is 9.64. The van der Waals surface area contributed by atoms with Crippen LogP contribution in [-0.2, 0) is 23.7 Å². The number of aliphatic hydroxyl groups excluding tert-OH is 7. The SMILES string of the molecule is C=CCC(OC(=O)C(=C)C)[C@@]1(O[C@H]2O[C@H](CO)[C@@H](O)[C@H](O)[C@H]2O)O[C@H](CO)[C@@H](O)[C@@H]1O. The molecule has 12 nitrogen and oxygen atoms in total. The van der Waals surface area contributed by atoms with E-state index >= 15 is 0 Å². The monoisotopic (exact) mass is 450 g/mol. The van der Waals surface area contributed by atoms with Crippen LogP contribution in [0.2, 0.25) is 0 Å². The second kappa shape index (κ2) is 10.4. The third-order valence-corrected chi connectivity index (χ3v) is 5.21. The van der Waals surface area contributed by atoms with E-state index in [9.17, 15) is 40.5 Å². The predicted molar refractivity (Wildman–Crippen MR) is 101 cm³/mol. The van der Waals surface area contributed by atoms with Crippen molar-refractivity contribution in [2.75, 3.05) is 13.2 Å². The average molecular weight is 450 g/mol. The van der Waals surface area contributed by atoms with Gasteiger partial charge in [0.25, 0.3) is 0 Å². The molecule has 2 aliphatic rings. The quantitative estimate of drug-likeness (QED) is 0.105. The Kier molecular flexibility index (Phi) is 8.69. The molecule has 2 saturated heterocycles. The van der Waals surface area contributed by atoms with Crippen LogP contribution in [0.3, 0.4) is 0 Å². The topological polar surface area (TPSA) is 196 Å². The van der Waals surface area contributed by atoms with Crippen LogP contribution in [0.15, 0.2) is 24.8 Å². The van der Waals surface area contributed by atoms with Crippen molar-refractivity contribution >= 4 is 5.97 Å². The Morgan fingerprint density at radius 2 is 1.68 bits per heavy atom. The van der Waals surface area contributed by atoms with Crippen LogP contribution in [0.1, 0.15) is 13.3 Å². The predicted octanol–water partition coefficient (Wildman–Crippen LogP) is -3.32. The van der Waals surface area contributed by atoms with Gasteiger partial charge in [-0.05, 0) is 6.92 Å². The first-order valence-corrected chi connectivity index (χ1v) is 9.64. The Balaban J connectivity index is 2.46. The molecule has 178 valence electrons. The van der Waals surface area contributed by atoms with Gasteiger partial charge in [0.2, 0.25) is 5.79 Å². The molecule has 0 radical (unpaired) electrons. The highest BCUT2D eigenvalue weighted by Gasteiger charge is 2.63. The van der Waals surface area contributed by atoms with Crippen molar-refractivity contribution in [3.8, 4) is 0 Å². The van der Waals surface area contributed by atoms with Crippen LogP contribution >= 0.6 is 0 Å². The van der Waals surface area contributed by atoms with Gasteiger partial charge >= 0.3 is 5.97 Å². The average Bonchev–Trinajstić information content (AvgIpc) is 2.99. The van der Waals surface area contributed by atoms with Crippen molar-refractivity contribution < 1.29 is 59.5 Å². The van der Waals surface area contributed by atoms with E-state index in [1.54, 1.807) is 0 Å². The largest absolute Gasteiger partial charge is 0.453 e. The Labute approximate surface area is 178 Å². The van der Waals surface area contributed by atoms with Crippen LogP contribution in [0.25, 0.3) is 0 Å². The molecule has 0 aliphatic carbocycles. The van der Waals surface area contributed by atoms with Crippen LogP contribution in [0, 0.1) is 0 Å². The fourth-order valence-corrected chi connectivity index (χ4v) is 3.42. The van der Waals surface area contributed by atoms with Gasteiger partial charge < -0.3 is 54.7 Å². The number of esters is 1. The fraction of sp³-hybridized carbons (Fsp3) is 0.737. The van der Waals surface area contributed by atoms with E-state index in [2.05, 4.69) is 13.2 Å². The van der Waals surface area contributed by atoms with Gasteiger partial charge in [0.05, 0.1) is 13.2 Å². The lowest BCUT2D eigenvalue weighted by molar-refractivity contribution is -0.395. The zero-order chi connectivity index (χ0) is 23.5. The Morgan fingerprint density at radius 1 is 1.06 bits per heavy atom. The highest BCUT2D eigenvalue weighted by molar-refractivity contribution is 5.87. The van der Waals surface area contributed by atoms with E-state index in [1.807, 2.05) is 0 Å². The van der Waals surface area contributed by atoms with Gasteiger partial charge in [0, 0.05) is 12.0 Å². The molecule has 0 spiro atoms. The van der Waals surface area contributed by atoms with Crippen LogP contribution < -0.4 is 0 Å². The lowest BCUT2D eigenvalue weighted by Gasteiger charge is -2.45. The molecule has 0 saturated carbocycles. The Morgan fingerprint density at radius 3 is 2.16 bits per heavy atom. The molecule has 2 fully saturated rings. The van der Waals surface area contributed by atoms with Gasteiger partial charge in [-0.15, -0.1) is 6.58 Å². The molecule has 0 aromatic carbocycles. The maximum absolute atomic E-state index is 12.2. The third kappa shape index (κ3) is 4.98. The summed E-state index contributed by atoms with van der Waals surface area (Å²) < 4.78 is 21.9. The van der Waals surface area contributed by atoms with Crippen molar-refractivity contribution in [1.82, 2.24) is 0 Å². The molecule has 2 aliphatic heterocycles. The number of hydrogen-bond donors (Lipinski definition) is 7. The molecule has 0 aromatic heterocycles. The number of aliphatic hydroxyl groups is 7. The minimum Gasteiger partial charge on any atom is -0.453 e. The minimum absolute atomic E-state index is 0.00351. The van der Waals surface area contributed by atoms with Gasteiger partial charge in [-0.3, -0.25) is 0 Å². The second-order valence-electron chi connectivity index (χ2n) is 7.51. The number of rotatable bonds is 9. The van der Waals surface area contributed by atoms with Crippen LogP contribution in [0.5, 0.6) is 0 Å². The maximum Gasteiger partial charge on any atom is 0.333 e. The summed E-state index contributed by atoms with van der Waals surface area (Å²) in [5.74, 6) is -3.28. The summed E-state index contributed by atoms with van der Waals surface area (Å²) in [6.07, 6.45) is -13.8. The normalized spacial score (nSPS) is 41.5. The maximum atomic E-state index is 12.2. The van der Waals surface area contributed by atoms with Crippen molar-refractivity contribution in [2.45, 2.75) is 74.3 Å². The van der Waals surface area contributed by atoms with Crippen LogP contribution in [0.4, 0.5) is 0 Å². The van der Waals surface area contributed by atoms with Gasteiger partial charge in [0.15, 0.2) is 12.4 Å². The van der Waals surface area contributed by atoms with Gasteiger partial charge in [-0.1, -0.05) is 12.7 Å². The number of carbonyl (C=O) groups excluding carboxylic acids is 1. The van der Waals surface area contributed by atoms with Crippen molar-refractivity contribution in [3.63, 3.8) is 0 Å². The molecule has 31 heavy (non-hydrogen) atoms. The first kappa shape index (κ1) is 25.8. The Hall–Kier alpha value is -1.45. The summed E-state index contributed by atoms with van der Waals surface area (Å²) in [4.78, 5) is 12.2. The van der Waals surface area contributed by atoms with E-state index in [-0.39, 0.29) is 12.0 Å². The molecular weight excluding hydrogens is 420 g/mol. The smallest absolute Gasteiger partial charge is 0.333 e. The minimum atomic E-state index is -2.39. The summed E-state index contributed by atoms with van der Waals surface area (Å²) in [5, 5.41) is 70.2. The summed E-state index contributed by atoms with van der Waals surface area (Å²) >= 11 is 0. The fourth-order valence-electron chi connectivity index (χ4n) is 3.42. The second-order valence-corrected chi connectivity index (χ2v) is 7.51. The van der Waals surface area contributed by atoms with E-state index in [0.717, 1.165) is 0 Å². The molecule has 1 unspecified atom stereocenters. The summed E-state index contributed by atoms with van der Waals surface area (Å²) in [7, 11) is 0. The number of ether oxygens (including phenoxy) is 4. The standard InChI is InChI=1S/C19H30O12/c1-4-5-11(29-17(27)8(2)3)19(16(26)13(23)10(7-21)30-19)31-18-15(25)14(24)12(22)9(6-20)28-18/h4,9-16,18,20-26H,1-2,5-7H2,3H3/t9-,10-,11?,12-,13-,14+,15-,16+,18-,19+/m1/s1. The van der Waals surface area contributed by atoms with E-state index in [1.165, 1.54) is 13.0 Å².